The second-order valence-corrected chi connectivity index (χ2v) is 10.1. The fraction of sp³-hybridized carbons (Fsp3) is 0.667. The predicted octanol–water partition coefficient (Wildman–Crippen LogP) is 2.62. The SMILES string of the molecule is COc1ccc(S(=O)(=O)N2CCOC23CCN(C(=O)C2CCCCC2)CC3)cc1. The molecule has 2 heterocycles. The van der Waals surface area contributed by atoms with Crippen LogP contribution < -0.4 is 4.74 Å². The van der Waals surface area contributed by atoms with E-state index < -0.39 is 15.7 Å². The van der Waals surface area contributed by atoms with Gasteiger partial charge in [0.25, 0.3) is 0 Å². The monoisotopic (exact) mass is 422 g/mol. The van der Waals surface area contributed by atoms with Crippen LogP contribution in [0.1, 0.15) is 44.9 Å². The van der Waals surface area contributed by atoms with E-state index >= 15 is 0 Å². The molecule has 1 amide bonds. The summed E-state index contributed by atoms with van der Waals surface area (Å²) in [6.45, 7) is 1.81. The Morgan fingerprint density at radius 2 is 1.72 bits per heavy atom. The third-order valence-corrected chi connectivity index (χ3v) is 8.54. The molecule has 1 aromatic carbocycles. The van der Waals surface area contributed by atoms with E-state index in [1.165, 1.54) is 10.7 Å². The number of nitrogens with zero attached hydrogens (tertiary/aromatic N) is 2. The molecule has 0 unspecified atom stereocenters. The van der Waals surface area contributed by atoms with Crippen molar-refractivity contribution in [1.29, 1.82) is 0 Å². The van der Waals surface area contributed by atoms with Gasteiger partial charge in [-0.05, 0) is 37.1 Å². The molecule has 4 rings (SSSR count). The van der Waals surface area contributed by atoms with Gasteiger partial charge in [0.15, 0.2) is 0 Å². The third-order valence-electron chi connectivity index (χ3n) is 6.58. The van der Waals surface area contributed by atoms with E-state index in [9.17, 15) is 13.2 Å². The molecule has 1 saturated carbocycles. The van der Waals surface area contributed by atoms with Crippen molar-refractivity contribution in [2.45, 2.75) is 55.6 Å². The molecule has 0 radical (unpaired) electrons. The first-order valence-corrected chi connectivity index (χ1v) is 12.0. The lowest BCUT2D eigenvalue weighted by atomic mass is 9.87. The summed E-state index contributed by atoms with van der Waals surface area (Å²) in [4.78, 5) is 15.0. The van der Waals surface area contributed by atoms with Gasteiger partial charge in [0.1, 0.15) is 11.5 Å². The van der Waals surface area contributed by atoms with Crippen LogP contribution >= 0.6 is 0 Å². The summed E-state index contributed by atoms with van der Waals surface area (Å²) in [5.74, 6) is 0.995. The van der Waals surface area contributed by atoms with Gasteiger partial charge < -0.3 is 14.4 Å². The van der Waals surface area contributed by atoms with Gasteiger partial charge in [-0.1, -0.05) is 19.3 Å². The van der Waals surface area contributed by atoms with Crippen molar-refractivity contribution in [1.82, 2.24) is 9.21 Å². The molecule has 1 aliphatic carbocycles. The number of amides is 1. The number of methoxy groups -OCH3 is 1. The Kier molecular flexibility index (Phi) is 5.86. The molecule has 1 spiro atoms. The highest BCUT2D eigenvalue weighted by Crippen LogP contribution is 2.39. The Balaban J connectivity index is 1.47. The van der Waals surface area contributed by atoms with E-state index in [4.69, 9.17) is 9.47 Å². The minimum absolute atomic E-state index is 0.140. The quantitative estimate of drug-likeness (QED) is 0.746. The van der Waals surface area contributed by atoms with Gasteiger partial charge in [0, 0.05) is 38.4 Å². The first-order valence-electron chi connectivity index (χ1n) is 10.6. The van der Waals surface area contributed by atoms with Crippen LogP contribution in [0.4, 0.5) is 0 Å². The second-order valence-electron chi connectivity index (χ2n) is 8.21. The Labute approximate surface area is 173 Å². The standard InChI is InChI=1S/C21H30N2O5S/c1-27-18-7-9-19(10-8-18)29(25,26)23-15-16-28-21(23)11-13-22(14-12-21)20(24)17-5-3-2-4-6-17/h7-10,17H,2-6,11-16H2,1H3. The Morgan fingerprint density at radius 1 is 1.07 bits per heavy atom. The molecule has 7 nitrogen and oxygen atoms in total. The average Bonchev–Trinajstić information content (AvgIpc) is 3.18. The summed E-state index contributed by atoms with van der Waals surface area (Å²) in [6, 6.07) is 6.45. The van der Waals surface area contributed by atoms with Crippen molar-refractivity contribution < 1.29 is 22.7 Å². The maximum atomic E-state index is 13.3. The van der Waals surface area contributed by atoms with E-state index in [2.05, 4.69) is 0 Å². The second kappa shape index (κ2) is 8.24. The summed E-state index contributed by atoms with van der Waals surface area (Å²) >= 11 is 0. The molecule has 0 bridgehead atoms. The van der Waals surface area contributed by atoms with Crippen LogP contribution in [0.3, 0.4) is 0 Å². The smallest absolute Gasteiger partial charge is 0.245 e. The van der Waals surface area contributed by atoms with Crippen molar-refractivity contribution >= 4 is 15.9 Å². The molecular formula is C21H30N2O5S. The fourth-order valence-electron chi connectivity index (χ4n) is 4.89. The van der Waals surface area contributed by atoms with Gasteiger partial charge in [0.2, 0.25) is 15.9 Å². The number of carbonyl (C=O) groups excluding carboxylic acids is 1. The average molecular weight is 423 g/mol. The topological polar surface area (TPSA) is 76.2 Å². The summed E-state index contributed by atoms with van der Waals surface area (Å²) in [5, 5.41) is 0. The Hall–Kier alpha value is -1.64. The highest BCUT2D eigenvalue weighted by molar-refractivity contribution is 7.89. The van der Waals surface area contributed by atoms with E-state index in [0.717, 1.165) is 25.7 Å². The minimum Gasteiger partial charge on any atom is -0.497 e. The number of ether oxygens (including phenoxy) is 2. The van der Waals surface area contributed by atoms with Gasteiger partial charge in [-0.15, -0.1) is 0 Å². The van der Waals surface area contributed by atoms with Crippen molar-refractivity contribution in [3.05, 3.63) is 24.3 Å². The van der Waals surface area contributed by atoms with Gasteiger partial charge in [-0.2, -0.15) is 4.31 Å². The van der Waals surface area contributed by atoms with E-state index in [0.29, 0.717) is 44.8 Å². The van der Waals surface area contributed by atoms with Crippen LogP contribution in [-0.2, 0) is 19.6 Å². The number of sulfonamides is 1. The third kappa shape index (κ3) is 3.90. The van der Waals surface area contributed by atoms with Crippen LogP contribution in [0, 0.1) is 5.92 Å². The molecule has 3 fully saturated rings. The number of benzene rings is 1. The van der Waals surface area contributed by atoms with Crippen molar-refractivity contribution in [2.75, 3.05) is 33.4 Å². The van der Waals surface area contributed by atoms with E-state index in [-0.39, 0.29) is 16.7 Å². The summed E-state index contributed by atoms with van der Waals surface area (Å²) < 4.78 is 39.2. The molecule has 8 heteroatoms. The Bertz CT molecular complexity index is 825. The van der Waals surface area contributed by atoms with E-state index in [1.54, 1.807) is 31.4 Å². The summed E-state index contributed by atoms with van der Waals surface area (Å²) in [6.07, 6.45) is 6.47. The molecule has 1 aromatic rings. The fourth-order valence-corrected chi connectivity index (χ4v) is 6.61. The van der Waals surface area contributed by atoms with E-state index in [1.807, 2.05) is 4.90 Å². The summed E-state index contributed by atoms with van der Waals surface area (Å²) in [7, 11) is -2.13. The molecule has 0 atom stereocenters. The lowest BCUT2D eigenvalue weighted by Crippen LogP contribution is -2.56. The van der Waals surface area contributed by atoms with Crippen LogP contribution in [0.25, 0.3) is 0 Å². The maximum Gasteiger partial charge on any atom is 0.245 e. The maximum absolute atomic E-state index is 13.3. The lowest BCUT2D eigenvalue weighted by Gasteiger charge is -2.43. The zero-order chi connectivity index (χ0) is 20.5. The lowest BCUT2D eigenvalue weighted by molar-refractivity contribution is -0.145. The Morgan fingerprint density at radius 3 is 2.34 bits per heavy atom. The highest BCUT2D eigenvalue weighted by atomic mass is 32.2. The van der Waals surface area contributed by atoms with Crippen LogP contribution in [0.15, 0.2) is 29.2 Å². The van der Waals surface area contributed by atoms with Gasteiger partial charge in [-0.3, -0.25) is 4.79 Å². The van der Waals surface area contributed by atoms with Crippen molar-refractivity contribution in [2.24, 2.45) is 5.92 Å². The number of piperidine rings is 1. The number of hydrogen-bond donors (Lipinski definition) is 0. The zero-order valence-corrected chi connectivity index (χ0v) is 17.8. The normalized spacial score (nSPS) is 23.4. The number of hydrogen-bond acceptors (Lipinski definition) is 5. The minimum atomic E-state index is -3.68. The first-order chi connectivity index (χ1) is 14.0. The van der Waals surface area contributed by atoms with Crippen LogP contribution in [-0.4, -0.2) is 62.6 Å². The van der Waals surface area contributed by atoms with Gasteiger partial charge >= 0.3 is 0 Å². The zero-order valence-electron chi connectivity index (χ0n) is 17.0. The molecule has 160 valence electrons. The molecule has 2 aliphatic heterocycles. The number of likely N-dealkylation sites (tertiary alicyclic amines) is 1. The molecular weight excluding hydrogens is 392 g/mol. The highest BCUT2D eigenvalue weighted by Gasteiger charge is 2.51. The van der Waals surface area contributed by atoms with Gasteiger partial charge in [0.05, 0.1) is 18.6 Å². The number of carbonyl (C=O) groups is 1. The first kappa shape index (κ1) is 20.6. The van der Waals surface area contributed by atoms with Crippen molar-refractivity contribution in [3.63, 3.8) is 0 Å². The van der Waals surface area contributed by atoms with Gasteiger partial charge in [-0.25, -0.2) is 8.42 Å². The van der Waals surface area contributed by atoms with Crippen molar-refractivity contribution in [3.8, 4) is 5.75 Å². The van der Waals surface area contributed by atoms with Crippen LogP contribution in [0.5, 0.6) is 5.75 Å². The molecule has 3 aliphatic rings. The summed E-state index contributed by atoms with van der Waals surface area (Å²) in [5.41, 5.74) is -0.845. The number of rotatable bonds is 4. The largest absolute Gasteiger partial charge is 0.497 e. The molecule has 2 saturated heterocycles. The molecule has 0 aromatic heterocycles. The predicted molar refractivity (Wildman–Crippen MR) is 108 cm³/mol. The molecule has 29 heavy (non-hydrogen) atoms. The molecule has 0 N–H and O–H groups in total. The van der Waals surface area contributed by atoms with Crippen LogP contribution in [0.2, 0.25) is 0 Å².